The highest BCUT2D eigenvalue weighted by Gasteiger charge is 2.21. The lowest BCUT2D eigenvalue weighted by atomic mass is 9.87. The molecule has 100 valence electrons. The Morgan fingerprint density at radius 1 is 1.28 bits per heavy atom. The summed E-state index contributed by atoms with van der Waals surface area (Å²) in [5, 5.41) is 3.25. The second kappa shape index (κ2) is 5.28. The van der Waals surface area contributed by atoms with Gasteiger partial charge in [0, 0.05) is 6.04 Å². The minimum Gasteiger partial charge on any atom is -0.381 e. The lowest BCUT2D eigenvalue weighted by Gasteiger charge is -2.28. The van der Waals surface area contributed by atoms with Crippen LogP contribution >= 0.6 is 0 Å². The van der Waals surface area contributed by atoms with Crippen LogP contribution in [0.15, 0.2) is 29.2 Å². The molecule has 0 spiro atoms. The largest absolute Gasteiger partial charge is 0.381 e. The number of hydrogen-bond acceptors (Lipinski definition) is 3. The van der Waals surface area contributed by atoms with Crippen molar-refractivity contribution in [3.05, 3.63) is 24.3 Å². The van der Waals surface area contributed by atoms with E-state index in [1.807, 2.05) is 0 Å². The Morgan fingerprint density at radius 2 is 2.00 bits per heavy atom. The third-order valence-corrected chi connectivity index (χ3v) is 4.37. The summed E-state index contributed by atoms with van der Waals surface area (Å²) in [6.07, 6.45) is 4.48. The van der Waals surface area contributed by atoms with Gasteiger partial charge in [-0.1, -0.05) is 31.9 Å². The topological polar surface area (TPSA) is 66.4 Å². The molecule has 18 heavy (non-hydrogen) atoms. The second-order valence-electron chi connectivity index (χ2n) is 5.08. The molecule has 0 aromatic heterocycles. The molecule has 1 aromatic carbocycles. The number of hydrogen-bond donors (Lipinski definition) is 2. The third kappa shape index (κ3) is 3.23. The summed E-state index contributed by atoms with van der Waals surface area (Å²) in [6.45, 7) is 2.21. The molecule has 0 saturated heterocycles. The average molecular weight is 269 g/mol. The minimum atomic E-state index is -4.16. The molecule has 5 heteroatoms. The molecule has 1 aromatic rings. The lowest BCUT2D eigenvalue weighted by Crippen LogP contribution is -2.26. The summed E-state index contributed by atoms with van der Waals surface area (Å²) in [4.78, 5) is -0.0387. The Hall–Kier alpha value is -1.07. The molecule has 1 aliphatic carbocycles. The zero-order valence-electron chi connectivity index (χ0n) is 10.5. The molecule has 0 heterocycles. The van der Waals surface area contributed by atoms with E-state index in [2.05, 4.69) is 12.2 Å². The van der Waals surface area contributed by atoms with E-state index in [0.717, 1.165) is 19.3 Å². The van der Waals surface area contributed by atoms with Gasteiger partial charge < -0.3 is 5.32 Å². The molecule has 0 aliphatic heterocycles. The molecule has 0 radical (unpaired) electrons. The molecule has 2 unspecified atom stereocenters. The molecule has 2 N–H and O–H groups in total. The summed E-state index contributed by atoms with van der Waals surface area (Å²) in [6, 6.07) is 6.78. The Morgan fingerprint density at radius 3 is 2.67 bits per heavy atom. The molecule has 4 nitrogen and oxygen atoms in total. The summed E-state index contributed by atoms with van der Waals surface area (Å²) < 4.78 is 31.7. The van der Waals surface area contributed by atoms with Gasteiger partial charge in [-0.15, -0.1) is 0 Å². The van der Waals surface area contributed by atoms with Gasteiger partial charge in [0.1, 0.15) is 4.90 Å². The SMILES string of the molecule is CC1CCCC(Nc2ccccc2S(=O)(=O)O)C1. The molecule has 2 atom stereocenters. The maximum Gasteiger partial charge on any atom is 0.296 e. The quantitative estimate of drug-likeness (QED) is 0.828. The number of benzene rings is 1. The van der Waals surface area contributed by atoms with Crippen LogP contribution < -0.4 is 5.32 Å². The summed E-state index contributed by atoms with van der Waals surface area (Å²) in [5.74, 6) is 0.661. The Kier molecular flexibility index (Phi) is 3.92. The summed E-state index contributed by atoms with van der Waals surface area (Å²) in [7, 11) is -4.16. The first-order valence-corrected chi connectivity index (χ1v) is 7.74. The first-order valence-electron chi connectivity index (χ1n) is 6.30. The van der Waals surface area contributed by atoms with Gasteiger partial charge in [0.2, 0.25) is 0 Å². The smallest absolute Gasteiger partial charge is 0.296 e. The van der Waals surface area contributed by atoms with E-state index in [1.165, 1.54) is 12.5 Å². The van der Waals surface area contributed by atoms with Crippen LogP contribution in [0.2, 0.25) is 0 Å². The van der Waals surface area contributed by atoms with Gasteiger partial charge in [0.15, 0.2) is 0 Å². The molecule has 1 fully saturated rings. The van der Waals surface area contributed by atoms with Crippen LogP contribution in [0.1, 0.15) is 32.6 Å². The van der Waals surface area contributed by atoms with Gasteiger partial charge in [-0.3, -0.25) is 4.55 Å². The van der Waals surface area contributed by atoms with Gasteiger partial charge in [-0.05, 0) is 30.9 Å². The number of nitrogens with one attached hydrogen (secondary N) is 1. The summed E-state index contributed by atoms with van der Waals surface area (Å²) >= 11 is 0. The van der Waals surface area contributed by atoms with Gasteiger partial charge in [0.25, 0.3) is 10.1 Å². The maximum absolute atomic E-state index is 11.3. The highest BCUT2D eigenvalue weighted by molar-refractivity contribution is 7.86. The van der Waals surface area contributed by atoms with E-state index in [0.29, 0.717) is 11.6 Å². The third-order valence-electron chi connectivity index (χ3n) is 3.46. The minimum absolute atomic E-state index is 0.0387. The normalized spacial score (nSPS) is 24.8. The van der Waals surface area contributed by atoms with Crippen LogP contribution in [0.3, 0.4) is 0 Å². The zero-order chi connectivity index (χ0) is 13.2. The van der Waals surface area contributed by atoms with Gasteiger partial charge in [0.05, 0.1) is 5.69 Å². The van der Waals surface area contributed by atoms with Crippen molar-refractivity contribution in [1.82, 2.24) is 0 Å². The fraction of sp³-hybridized carbons (Fsp3) is 0.538. The first kappa shape index (κ1) is 13.4. The average Bonchev–Trinajstić information content (AvgIpc) is 2.28. The van der Waals surface area contributed by atoms with Crippen LogP contribution in [0.4, 0.5) is 5.69 Å². The standard InChI is InChI=1S/C13H19NO3S/c1-10-5-4-6-11(9-10)14-12-7-2-3-8-13(12)18(15,16)17/h2-3,7-8,10-11,14H,4-6,9H2,1H3,(H,15,16,17). The van der Waals surface area contributed by atoms with Crippen LogP contribution in [-0.2, 0) is 10.1 Å². The van der Waals surface area contributed by atoms with Crippen molar-refractivity contribution in [2.45, 2.75) is 43.5 Å². The highest BCUT2D eigenvalue weighted by Crippen LogP contribution is 2.28. The molecular formula is C13H19NO3S. The van der Waals surface area contributed by atoms with Crippen molar-refractivity contribution >= 4 is 15.8 Å². The van der Waals surface area contributed by atoms with Crippen LogP contribution in [0.5, 0.6) is 0 Å². The van der Waals surface area contributed by atoms with Crippen molar-refractivity contribution in [3.8, 4) is 0 Å². The monoisotopic (exact) mass is 269 g/mol. The number of rotatable bonds is 3. The zero-order valence-corrected chi connectivity index (χ0v) is 11.3. The lowest BCUT2D eigenvalue weighted by molar-refractivity contribution is 0.358. The van der Waals surface area contributed by atoms with E-state index < -0.39 is 10.1 Å². The van der Waals surface area contributed by atoms with Crippen molar-refractivity contribution in [1.29, 1.82) is 0 Å². The van der Waals surface area contributed by atoms with Crippen molar-refractivity contribution in [2.75, 3.05) is 5.32 Å². The molecule has 1 saturated carbocycles. The number of anilines is 1. The maximum atomic E-state index is 11.3. The number of para-hydroxylation sites is 1. The second-order valence-corrected chi connectivity index (χ2v) is 6.47. The van der Waals surface area contributed by atoms with E-state index in [-0.39, 0.29) is 10.9 Å². The van der Waals surface area contributed by atoms with E-state index in [4.69, 9.17) is 0 Å². The Labute approximate surface area is 108 Å². The fourth-order valence-corrected chi connectivity index (χ4v) is 3.25. The Balaban J connectivity index is 2.19. The molecule has 1 aliphatic rings. The molecular weight excluding hydrogens is 250 g/mol. The van der Waals surface area contributed by atoms with Crippen LogP contribution in [0.25, 0.3) is 0 Å². The highest BCUT2D eigenvalue weighted by atomic mass is 32.2. The van der Waals surface area contributed by atoms with Crippen molar-refractivity contribution < 1.29 is 13.0 Å². The van der Waals surface area contributed by atoms with E-state index >= 15 is 0 Å². The van der Waals surface area contributed by atoms with Crippen LogP contribution in [-0.4, -0.2) is 19.0 Å². The Bertz CT molecular complexity index is 513. The predicted octanol–water partition coefficient (Wildman–Crippen LogP) is 2.92. The van der Waals surface area contributed by atoms with Gasteiger partial charge >= 0.3 is 0 Å². The van der Waals surface area contributed by atoms with E-state index in [9.17, 15) is 13.0 Å². The first-order chi connectivity index (χ1) is 8.47. The van der Waals surface area contributed by atoms with Crippen molar-refractivity contribution in [3.63, 3.8) is 0 Å². The molecule has 2 rings (SSSR count). The van der Waals surface area contributed by atoms with Crippen molar-refractivity contribution in [2.24, 2.45) is 5.92 Å². The predicted molar refractivity (Wildman–Crippen MR) is 71.3 cm³/mol. The van der Waals surface area contributed by atoms with E-state index in [1.54, 1.807) is 18.2 Å². The van der Waals surface area contributed by atoms with Gasteiger partial charge in [-0.25, -0.2) is 0 Å². The summed E-state index contributed by atoms with van der Waals surface area (Å²) in [5.41, 5.74) is 0.499. The van der Waals surface area contributed by atoms with Crippen LogP contribution in [0, 0.1) is 5.92 Å². The molecule has 0 bridgehead atoms. The molecule has 0 amide bonds. The fourth-order valence-electron chi connectivity index (χ4n) is 2.60. The van der Waals surface area contributed by atoms with Gasteiger partial charge in [-0.2, -0.15) is 8.42 Å².